The largest absolute Gasteiger partial charge is 0.351 e. The molecule has 2 amide bonds. The molecule has 0 aliphatic carbocycles. The Morgan fingerprint density at radius 2 is 2.19 bits per heavy atom. The number of benzene rings is 1. The quantitative estimate of drug-likeness (QED) is 0.680. The van der Waals surface area contributed by atoms with E-state index in [0.29, 0.717) is 11.0 Å². The number of fused-ring (bicyclic) bond motifs is 1. The number of aromatic nitrogens is 2. The maximum atomic E-state index is 11.6. The summed E-state index contributed by atoms with van der Waals surface area (Å²) in [7, 11) is -3.90. The molecule has 0 unspecified atom stereocenters. The number of carbonyl (C=O) groups is 1. The van der Waals surface area contributed by atoms with E-state index in [1.54, 1.807) is 4.72 Å². The molecule has 0 atom stereocenters. The summed E-state index contributed by atoms with van der Waals surface area (Å²) in [6.45, 7) is 0. The van der Waals surface area contributed by atoms with Gasteiger partial charge in [0, 0.05) is 0 Å². The number of nitrogens with zero attached hydrogens (tertiary/aromatic N) is 1. The minimum atomic E-state index is -3.90. The minimum absolute atomic E-state index is 0.0527. The lowest BCUT2D eigenvalue weighted by Gasteiger charge is -2.03. The molecule has 0 spiro atoms. The van der Waals surface area contributed by atoms with Gasteiger partial charge in [0.2, 0.25) is 0 Å². The molecule has 0 saturated heterocycles. The van der Waals surface area contributed by atoms with E-state index in [-0.39, 0.29) is 4.90 Å². The van der Waals surface area contributed by atoms with Gasteiger partial charge in [-0.2, -0.15) is 0 Å². The Labute approximate surface area is 90.7 Å². The fourth-order valence-electron chi connectivity index (χ4n) is 1.27. The van der Waals surface area contributed by atoms with Crippen LogP contribution in [0.25, 0.3) is 11.0 Å². The van der Waals surface area contributed by atoms with Crippen molar-refractivity contribution in [2.24, 2.45) is 5.73 Å². The zero-order valence-corrected chi connectivity index (χ0v) is 8.78. The molecule has 0 aliphatic rings. The lowest BCUT2D eigenvalue weighted by molar-refractivity contribution is 0.253. The fraction of sp³-hybridized carbons (Fsp3) is 0. The highest BCUT2D eigenvalue weighted by Crippen LogP contribution is 2.15. The zero-order chi connectivity index (χ0) is 11.8. The summed E-state index contributed by atoms with van der Waals surface area (Å²) in [5, 5.41) is 0. The third-order valence-corrected chi connectivity index (χ3v) is 3.28. The van der Waals surface area contributed by atoms with E-state index in [2.05, 4.69) is 9.97 Å². The molecule has 0 aliphatic heterocycles. The third kappa shape index (κ3) is 1.82. The summed E-state index contributed by atoms with van der Waals surface area (Å²) in [5.41, 5.74) is 5.96. The van der Waals surface area contributed by atoms with Crippen molar-refractivity contribution in [1.82, 2.24) is 14.7 Å². The maximum Gasteiger partial charge on any atom is 0.326 e. The summed E-state index contributed by atoms with van der Waals surface area (Å²) in [5.74, 6) is 0. The highest BCUT2D eigenvalue weighted by molar-refractivity contribution is 7.90. The first-order valence-electron chi connectivity index (χ1n) is 4.24. The van der Waals surface area contributed by atoms with Gasteiger partial charge >= 0.3 is 6.03 Å². The molecule has 1 aromatic heterocycles. The number of imidazole rings is 1. The van der Waals surface area contributed by atoms with Crippen LogP contribution in [0.2, 0.25) is 0 Å². The molecular formula is C8H8N4O3S. The van der Waals surface area contributed by atoms with Crippen molar-refractivity contribution in [3.05, 3.63) is 24.5 Å². The van der Waals surface area contributed by atoms with Crippen LogP contribution in [0, 0.1) is 0 Å². The van der Waals surface area contributed by atoms with E-state index in [9.17, 15) is 13.2 Å². The summed E-state index contributed by atoms with van der Waals surface area (Å²) in [6.07, 6.45) is 1.45. The Bertz CT molecular complexity index is 646. The van der Waals surface area contributed by atoms with Crippen molar-refractivity contribution >= 4 is 27.1 Å². The molecule has 0 bridgehead atoms. The monoisotopic (exact) mass is 240 g/mol. The second kappa shape index (κ2) is 3.49. The van der Waals surface area contributed by atoms with E-state index in [1.165, 1.54) is 24.5 Å². The predicted octanol–water partition coefficient (Wildman–Crippen LogP) is -0.0801. The number of amides is 2. The summed E-state index contributed by atoms with van der Waals surface area (Å²) in [4.78, 5) is 17.2. The van der Waals surface area contributed by atoms with Crippen molar-refractivity contribution < 1.29 is 13.2 Å². The third-order valence-electron chi connectivity index (χ3n) is 1.94. The van der Waals surface area contributed by atoms with E-state index in [1.807, 2.05) is 0 Å². The fourth-order valence-corrected chi connectivity index (χ4v) is 2.18. The molecule has 84 valence electrons. The van der Waals surface area contributed by atoms with E-state index >= 15 is 0 Å². The Morgan fingerprint density at radius 1 is 1.44 bits per heavy atom. The summed E-state index contributed by atoms with van der Waals surface area (Å²) >= 11 is 0. The van der Waals surface area contributed by atoms with Crippen LogP contribution >= 0.6 is 0 Å². The number of urea groups is 1. The molecule has 0 saturated carbocycles. The Morgan fingerprint density at radius 3 is 2.88 bits per heavy atom. The number of hydrogen-bond donors (Lipinski definition) is 3. The number of nitrogens with one attached hydrogen (secondary N) is 2. The van der Waals surface area contributed by atoms with Crippen molar-refractivity contribution in [1.29, 1.82) is 0 Å². The van der Waals surface area contributed by atoms with Crippen LogP contribution in [0.1, 0.15) is 0 Å². The lowest BCUT2D eigenvalue weighted by Crippen LogP contribution is -2.34. The van der Waals surface area contributed by atoms with E-state index in [0.717, 1.165) is 0 Å². The molecule has 8 heteroatoms. The summed E-state index contributed by atoms with van der Waals surface area (Å²) < 4.78 is 24.8. The smallest absolute Gasteiger partial charge is 0.326 e. The molecule has 4 N–H and O–H groups in total. The van der Waals surface area contributed by atoms with Gasteiger partial charge in [-0.05, 0) is 18.2 Å². The van der Waals surface area contributed by atoms with Gasteiger partial charge in [-0.25, -0.2) is 22.9 Å². The highest BCUT2D eigenvalue weighted by atomic mass is 32.2. The van der Waals surface area contributed by atoms with Gasteiger partial charge in [0.15, 0.2) is 0 Å². The van der Waals surface area contributed by atoms with Crippen LogP contribution in [0.5, 0.6) is 0 Å². The molecule has 16 heavy (non-hydrogen) atoms. The van der Waals surface area contributed by atoms with Crippen LogP contribution in [0.3, 0.4) is 0 Å². The molecule has 2 aromatic rings. The standard InChI is InChI=1S/C8H8N4O3S/c9-8(13)12-16(14,15)5-1-2-6-7(3-5)11-4-10-6/h1-4H,(H,10,11)(H3,9,12,13). The second-order valence-corrected chi connectivity index (χ2v) is 4.73. The molecule has 1 aromatic carbocycles. The second-order valence-electron chi connectivity index (χ2n) is 3.05. The molecule has 1 heterocycles. The number of aromatic amines is 1. The van der Waals surface area contributed by atoms with Crippen LogP contribution in [0.4, 0.5) is 4.79 Å². The SMILES string of the molecule is NC(=O)NS(=O)(=O)c1ccc2nc[nH]c2c1. The average Bonchev–Trinajstić information content (AvgIpc) is 2.61. The van der Waals surface area contributed by atoms with Gasteiger partial charge in [-0.15, -0.1) is 0 Å². The van der Waals surface area contributed by atoms with Crippen LogP contribution in [-0.2, 0) is 10.0 Å². The number of primary amides is 1. The summed E-state index contributed by atoms with van der Waals surface area (Å²) in [6, 6.07) is 3.12. The van der Waals surface area contributed by atoms with E-state index < -0.39 is 16.1 Å². The number of rotatable bonds is 2. The van der Waals surface area contributed by atoms with Crippen molar-refractivity contribution in [2.75, 3.05) is 0 Å². The Hall–Kier alpha value is -2.09. The maximum absolute atomic E-state index is 11.6. The average molecular weight is 240 g/mol. The number of carbonyl (C=O) groups excluding carboxylic acids is 1. The Balaban J connectivity index is 2.50. The van der Waals surface area contributed by atoms with Crippen molar-refractivity contribution in [3.63, 3.8) is 0 Å². The van der Waals surface area contributed by atoms with Gasteiger partial charge in [-0.3, -0.25) is 0 Å². The first kappa shape index (κ1) is 10.4. The number of nitrogens with two attached hydrogens (primary N) is 1. The molecule has 7 nitrogen and oxygen atoms in total. The molecule has 2 rings (SSSR count). The van der Waals surface area contributed by atoms with Crippen molar-refractivity contribution in [2.45, 2.75) is 4.90 Å². The van der Waals surface area contributed by atoms with Gasteiger partial charge in [-0.1, -0.05) is 0 Å². The predicted molar refractivity (Wildman–Crippen MR) is 56.0 cm³/mol. The van der Waals surface area contributed by atoms with Gasteiger partial charge in [0.25, 0.3) is 10.0 Å². The zero-order valence-electron chi connectivity index (χ0n) is 7.97. The highest BCUT2D eigenvalue weighted by Gasteiger charge is 2.16. The molecular weight excluding hydrogens is 232 g/mol. The lowest BCUT2D eigenvalue weighted by atomic mass is 10.3. The number of sulfonamides is 1. The van der Waals surface area contributed by atoms with Crippen molar-refractivity contribution in [3.8, 4) is 0 Å². The number of hydrogen-bond acceptors (Lipinski definition) is 4. The van der Waals surface area contributed by atoms with Gasteiger partial charge < -0.3 is 10.7 Å². The number of H-pyrrole nitrogens is 1. The van der Waals surface area contributed by atoms with Gasteiger partial charge in [0.1, 0.15) is 0 Å². The molecule has 0 radical (unpaired) electrons. The molecule has 0 fully saturated rings. The first-order chi connectivity index (χ1) is 7.49. The van der Waals surface area contributed by atoms with Gasteiger partial charge in [0.05, 0.1) is 22.3 Å². The topological polar surface area (TPSA) is 118 Å². The Kier molecular flexibility index (Phi) is 2.27. The van der Waals surface area contributed by atoms with Crippen LogP contribution in [0.15, 0.2) is 29.4 Å². The first-order valence-corrected chi connectivity index (χ1v) is 5.73. The van der Waals surface area contributed by atoms with Crippen LogP contribution < -0.4 is 10.5 Å². The van der Waals surface area contributed by atoms with Crippen LogP contribution in [-0.4, -0.2) is 24.4 Å². The normalized spacial score (nSPS) is 11.5. The minimum Gasteiger partial charge on any atom is -0.351 e. The van der Waals surface area contributed by atoms with E-state index in [4.69, 9.17) is 5.73 Å².